The van der Waals surface area contributed by atoms with Crippen molar-refractivity contribution in [2.24, 2.45) is 11.3 Å². The number of rotatable bonds is 1. The summed E-state index contributed by atoms with van der Waals surface area (Å²) >= 11 is 0. The van der Waals surface area contributed by atoms with Crippen LogP contribution < -0.4 is 0 Å². The van der Waals surface area contributed by atoms with Crippen molar-refractivity contribution in [1.29, 1.82) is 0 Å². The molecule has 2 fully saturated rings. The second-order valence-corrected chi connectivity index (χ2v) is 4.20. The molecule has 58 valence electrons. The van der Waals surface area contributed by atoms with Crippen LogP contribution in [0, 0.1) is 11.3 Å². The van der Waals surface area contributed by atoms with Crippen LogP contribution in [0.1, 0.15) is 26.7 Å². The van der Waals surface area contributed by atoms with E-state index in [0.29, 0.717) is 0 Å². The molecule has 0 radical (unpaired) electrons. The van der Waals surface area contributed by atoms with E-state index >= 15 is 0 Å². The van der Waals surface area contributed by atoms with Gasteiger partial charge in [-0.3, -0.25) is 0 Å². The quantitative estimate of drug-likeness (QED) is 0.535. The summed E-state index contributed by atoms with van der Waals surface area (Å²) < 4.78 is 0. The number of hydrogen-bond donors (Lipinski definition) is 0. The Labute approximate surface area is 63.4 Å². The van der Waals surface area contributed by atoms with Crippen LogP contribution in [0.2, 0.25) is 0 Å². The first-order valence-corrected chi connectivity index (χ1v) is 4.47. The van der Waals surface area contributed by atoms with Crippen LogP contribution in [-0.2, 0) is 0 Å². The van der Waals surface area contributed by atoms with Crippen LogP contribution in [0.15, 0.2) is 0 Å². The van der Waals surface area contributed by atoms with Gasteiger partial charge < -0.3 is 4.90 Å². The van der Waals surface area contributed by atoms with Crippen molar-refractivity contribution >= 4 is 0 Å². The van der Waals surface area contributed by atoms with E-state index in [0.717, 1.165) is 11.3 Å². The molecule has 0 aromatic heterocycles. The van der Waals surface area contributed by atoms with E-state index in [1.807, 2.05) is 0 Å². The highest BCUT2D eigenvalue weighted by Gasteiger charge is 2.52. The first-order valence-electron chi connectivity index (χ1n) is 4.47. The summed E-state index contributed by atoms with van der Waals surface area (Å²) in [5.74, 6) is 1.06. The molecule has 1 saturated carbocycles. The zero-order valence-electron chi connectivity index (χ0n) is 7.06. The number of fused-ring (bicyclic) bond motifs is 1. The molecule has 2 aliphatic rings. The second-order valence-electron chi connectivity index (χ2n) is 4.20. The summed E-state index contributed by atoms with van der Waals surface area (Å²) in [6, 6.07) is 0. The van der Waals surface area contributed by atoms with Gasteiger partial charge in [0.25, 0.3) is 0 Å². The summed E-state index contributed by atoms with van der Waals surface area (Å²) in [4.78, 5) is 2.58. The topological polar surface area (TPSA) is 3.24 Å². The molecule has 2 atom stereocenters. The molecule has 2 unspecified atom stereocenters. The summed E-state index contributed by atoms with van der Waals surface area (Å²) in [7, 11) is 0. The molecule has 0 amide bonds. The van der Waals surface area contributed by atoms with Gasteiger partial charge in [-0.25, -0.2) is 0 Å². The van der Waals surface area contributed by atoms with Gasteiger partial charge in [-0.15, -0.1) is 0 Å². The molecule has 1 aliphatic carbocycles. The Balaban J connectivity index is 1.93. The van der Waals surface area contributed by atoms with Crippen molar-refractivity contribution in [2.75, 3.05) is 19.6 Å². The third kappa shape index (κ3) is 0.878. The Kier molecular flexibility index (Phi) is 1.31. The zero-order valence-corrected chi connectivity index (χ0v) is 7.06. The van der Waals surface area contributed by atoms with E-state index < -0.39 is 0 Å². The third-order valence-electron chi connectivity index (χ3n) is 3.46. The van der Waals surface area contributed by atoms with Crippen LogP contribution in [0.5, 0.6) is 0 Å². The van der Waals surface area contributed by atoms with Crippen LogP contribution in [0.3, 0.4) is 0 Å². The molecule has 0 aromatic carbocycles. The van der Waals surface area contributed by atoms with E-state index in [1.54, 1.807) is 0 Å². The van der Waals surface area contributed by atoms with Gasteiger partial charge in [0.15, 0.2) is 0 Å². The molecule has 1 saturated heterocycles. The van der Waals surface area contributed by atoms with Crippen LogP contribution >= 0.6 is 0 Å². The monoisotopic (exact) mass is 139 g/mol. The fourth-order valence-corrected chi connectivity index (χ4v) is 2.20. The average molecular weight is 139 g/mol. The van der Waals surface area contributed by atoms with Crippen molar-refractivity contribution in [1.82, 2.24) is 4.90 Å². The number of hydrogen-bond acceptors (Lipinski definition) is 1. The molecule has 1 heteroatoms. The minimum absolute atomic E-state index is 0.783. The molecule has 10 heavy (non-hydrogen) atoms. The fourth-order valence-electron chi connectivity index (χ4n) is 2.20. The summed E-state index contributed by atoms with van der Waals surface area (Å²) in [6.45, 7) is 8.71. The van der Waals surface area contributed by atoms with E-state index in [1.165, 1.54) is 32.5 Å². The average Bonchev–Trinajstić information content (AvgIpc) is 2.59. The maximum Gasteiger partial charge on any atom is 0.00150 e. The number of likely N-dealkylation sites (tertiary alicyclic amines) is 1. The summed E-state index contributed by atoms with van der Waals surface area (Å²) in [5.41, 5.74) is 0.783. The zero-order chi connectivity index (χ0) is 7.19. The highest BCUT2D eigenvalue weighted by Crippen LogP contribution is 2.57. The van der Waals surface area contributed by atoms with Crippen molar-refractivity contribution in [3.8, 4) is 0 Å². The minimum Gasteiger partial charge on any atom is -0.303 e. The van der Waals surface area contributed by atoms with E-state index in [-0.39, 0.29) is 0 Å². The van der Waals surface area contributed by atoms with Gasteiger partial charge in [0.2, 0.25) is 0 Å². The Morgan fingerprint density at radius 1 is 1.60 bits per heavy atom. The normalized spacial score (nSPS) is 46.8. The van der Waals surface area contributed by atoms with Gasteiger partial charge in [0, 0.05) is 6.54 Å². The maximum atomic E-state index is 2.58. The Bertz CT molecular complexity index is 144. The third-order valence-corrected chi connectivity index (χ3v) is 3.46. The standard InChI is InChI=1S/C9H17N/c1-3-10-5-4-9(2)6-8(9)7-10/h8H,3-7H2,1-2H3. The van der Waals surface area contributed by atoms with Gasteiger partial charge in [-0.2, -0.15) is 0 Å². The van der Waals surface area contributed by atoms with Gasteiger partial charge in [-0.1, -0.05) is 13.8 Å². The Morgan fingerprint density at radius 3 is 3.00 bits per heavy atom. The van der Waals surface area contributed by atoms with E-state index in [9.17, 15) is 0 Å². The van der Waals surface area contributed by atoms with E-state index in [4.69, 9.17) is 0 Å². The predicted molar refractivity (Wildman–Crippen MR) is 42.9 cm³/mol. The lowest BCUT2D eigenvalue weighted by Gasteiger charge is -2.28. The highest BCUT2D eigenvalue weighted by molar-refractivity contribution is 5.03. The molecule has 0 spiro atoms. The van der Waals surface area contributed by atoms with Crippen molar-refractivity contribution in [2.45, 2.75) is 26.7 Å². The highest BCUT2D eigenvalue weighted by atomic mass is 15.1. The summed E-state index contributed by atoms with van der Waals surface area (Å²) in [6.07, 6.45) is 2.95. The van der Waals surface area contributed by atoms with Gasteiger partial charge in [0.05, 0.1) is 0 Å². The largest absolute Gasteiger partial charge is 0.303 e. The van der Waals surface area contributed by atoms with Gasteiger partial charge >= 0.3 is 0 Å². The molecule has 2 rings (SSSR count). The summed E-state index contributed by atoms with van der Waals surface area (Å²) in [5, 5.41) is 0. The predicted octanol–water partition coefficient (Wildman–Crippen LogP) is 1.74. The SMILES string of the molecule is CCN1CCC2(C)CC2C1. The Hall–Kier alpha value is -0.0400. The molecular formula is C9H17N. The molecule has 1 heterocycles. The van der Waals surface area contributed by atoms with Gasteiger partial charge in [-0.05, 0) is 37.3 Å². The lowest BCUT2D eigenvalue weighted by Crippen LogP contribution is -2.33. The fraction of sp³-hybridized carbons (Fsp3) is 1.00. The lowest BCUT2D eigenvalue weighted by atomic mass is 9.98. The smallest absolute Gasteiger partial charge is 0.00150 e. The van der Waals surface area contributed by atoms with Crippen LogP contribution in [-0.4, -0.2) is 24.5 Å². The van der Waals surface area contributed by atoms with Crippen molar-refractivity contribution < 1.29 is 0 Å². The number of piperidine rings is 1. The Morgan fingerprint density at radius 2 is 2.40 bits per heavy atom. The first kappa shape index (κ1) is 6.66. The number of nitrogens with zero attached hydrogens (tertiary/aromatic N) is 1. The molecular weight excluding hydrogens is 122 g/mol. The molecule has 1 aliphatic heterocycles. The molecule has 0 N–H and O–H groups in total. The maximum absolute atomic E-state index is 2.58. The lowest BCUT2D eigenvalue weighted by molar-refractivity contribution is 0.194. The van der Waals surface area contributed by atoms with Crippen molar-refractivity contribution in [3.05, 3.63) is 0 Å². The molecule has 0 bridgehead atoms. The molecule has 1 nitrogen and oxygen atoms in total. The van der Waals surface area contributed by atoms with Crippen LogP contribution in [0.25, 0.3) is 0 Å². The first-order chi connectivity index (χ1) is 4.74. The molecule has 0 aromatic rings. The van der Waals surface area contributed by atoms with Crippen molar-refractivity contribution in [3.63, 3.8) is 0 Å². The second kappa shape index (κ2) is 1.97. The van der Waals surface area contributed by atoms with Gasteiger partial charge in [0.1, 0.15) is 0 Å². The minimum atomic E-state index is 0.783. The van der Waals surface area contributed by atoms with Crippen LogP contribution in [0.4, 0.5) is 0 Å². The van der Waals surface area contributed by atoms with E-state index in [2.05, 4.69) is 18.7 Å².